The molecule has 1 unspecified atom stereocenters. The number of aromatic amines is 1. The number of H-pyrrole nitrogens is 1. The first-order valence-electron chi connectivity index (χ1n) is 6.67. The number of aromatic nitrogens is 2. The summed E-state index contributed by atoms with van der Waals surface area (Å²) < 4.78 is 0. The van der Waals surface area contributed by atoms with E-state index in [1.165, 1.54) is 5.56 Å². The van der Waals surface area contributed by atoms with Crippen LogP contribution in [0.25, 0.3) is 11.0 Å². The summed E-state index contributed by atoms with van der Waals surface area (Å²) in [5.74, 6) is 0.299. The Balaban J connectivity index is 1.73. The molecule has 3 N–H and O–H groups in total. The molecule has 0 saturated heterocycles. The number of hydrogen-bond donors (Lipinski definition) is 3. The zero-order chi connectivity index (χ0) is 13.9. The van der Waals surface area contributed by atoms with Gasteiger partial charge in [-0.3, -0.25) is 0 Å². The van der Waals surface area contributed by atoms with Gasteiger partial charge >= 0.3 is 0 Å². The lowest BCUT2D eigenvalue weighted by atomic mass is 10.1. The van der Waals surface area contributed by atoms with Crippen molar-refractivity contribution in [2.45, 2.75) is 19.5 Å². The van der Waals surface area contributed by atoms with Crippen LogP contribution in [0.3, 0.4) is 0 Å². The highest BCUT2D eigenvalue weighted by molar-refractivity contribution is 5.79. The van der Waals surface area contributed by atoms with Gasteiger partial charge in [0.05, 0.1) is 0 Å². The molecule has 1 aromatic carbocycles. The Morgan fingerprint density at radius 2 is 2.20 bits per heavy atom. The van der Waals surface area contributed by atoms with Crippen LogP contribution in [0.2, 0.25) is 0 Å². The van der Waals surface area contributed by atoms with E-state index in [1.54, 1.807) is 18.3 Å². The number of phenolic OH excluding ortho intramolecular Hbond substituents is 1. The largest absolute Gasteiger partial charge is 0.508 e. The van der Waals surface area contributed by atoms with Gasteiger partial charge in [0.1, 0.15) is 11.4 Å². The monoisotopic (exact) mass is 267 g/mol. The van der Waals surface area contributed by atoms with Gasteiger partial charge in [0.2, 0.25) is 0 Å². The Bertz CT molecular complexity index is 720. The van der Waals surface area contributed by atoms with Crippen molar-refractivity contribution in [2.75, 3.05) is 0 Å². The van der Waals surface area contributed by atoms with E-state index in [0.29, 0.717) is 5.75 Å². The van der Waals surface area contributed by atoms with Crippen LogP contribution in [-0.2, 0) is 6.54 Å². The Labute approximate surface area is 117 Å². The van der Waals surface area contributed by atoms with Gasteiger partial charge in [0, 0.05) is 30.4 Å². The number of nitrogens with zero attached hydrogens (tertiary/aromatic N) is 1. The standard InChI is InChI=1S/C16H17N3O/c1-11(12-4-2-5-14(20)8-12)18-9-13-10-19-16-15(13)6-3-7-17-16/h2-8,10-11,18,20H,9H2,1H3,(H,17,19). The van der Waals surface area contributed by atoms with Crippen LogP contribution in [0, 0.1) is 0 Å². The normalized spacial score (nSPS) is 12.7. The van der Waals surface area contributed by atoms with E-state index in [2.05, 4.69) is 28.3 Å². The van der Waals surface area contributed by atoms with Crippen LogP contribution in [0.1, 0.15) is 24.1 Å². The van der Waals surface area contributed by atoms with Crippen molar-refractivity contribution in [1.29, 1.82) is 0 Å². The molecule has 2 aromatic heterocycles. The zero-order valence-electron chi connectivity index (χ0n) is 11.3. The molecule has 0 saturated carbocycles. The van der Waals surface area contributed by atoms with E-state index >= 15 is 0 Å². The van der Waals surface area contributed by atoms with Crippen molar-refractivity contribution in [3.63, 3.8) is 0 Å². The van der Waals surface area contributed by atoms with Gasteiger partial charge in [0.15, 0.2) is 0 Å². The molecule has 2 heterocycles. The first-order valence-corrected chi connectivity index (χ1v) is 6.67. The quantitative estimate of drug-likeness (QED) is 0.680. The van der Waals surface area contributed by atoms with Gasteiger partial charge < -0.3 is 15.4 Å². The second-order valence-corrected chi connectivity index (χ2v) is 4.91. The van der Waals surface area contributed by atoms with Crippen molar-refractivity contribution in [2.24, 2.45) is 0 Å². The molecular formula is C16H17N3O. The van der Waals surface area contributed by atoms with Crippen molar-refractivity contribution in [3.8, 4) is 5.75 Å². The summed E-state index contributed by atoms with van der Waals surface area (Å²) in [5.41, 5.74) is 3.18. The summed E-state index contributed by atoms with van der Waals surface area (Å²) in [7, 11) is 0. The zero-order valence-corrected chi connectivity index (χ0v) is 11.3. The minimum absolute atomic E-state index is 0.170. The first kappa shape index (κ1) is 12.7. The number of rotatable bonds is 4. The van der Waals surface area contributed by atoms with E-state index in [0.717, 1.165) is 23.1 Å². The van der Waals surface area contributed by atoms with E-state index in [4.69, 9.17) is 0 Å². The summed E-state index contributed by atoms with van der Waals surface area (Å²) in [4.78, 5) is 7.45. The van der Waals surface area contributed by atoms with Crippen LogP contribution in [-0.4, -0.2) is 15.1 Å². The molecule has 0 spiro atoms. The molecule has 4 nitrogen and oxygen atoms in total. The predicted octanol–water partition coefficient (Wildman–Crippen LogP) is 3.12. The summed E-state index contributed by atoms with van der Waals surface area (Å²) in [5, 5.41) is 14.1. The average molecular weight is 267 g/mol. The van der Waals surface area contributed by atoms with Gasteiger partial charge in [-0.05, 0) is 42.3 Å². The molecule has 1 atom stereocenters. The minimum Gasteiger partial charge on any atom is -0.508 e. The maximum absolute atomic E-state index is 9.51. The predicted molar refractivity (Wildman–Crippen MR) is 79.5 cm³/mol. The van der Waals surface area contributed by atoms with Crippen molar-refractivity contribution >= 4 is 11.0 Å². The molecule has 0 bridgehead atoms. The number of nitrogens with one attached hydrogen (secondary N) is 2. The van der Waals surface area contributed by atoms with Gasteiger partial charge in [-0.1, -0.05) is 12.1 Å². The number of hydrogen-bond acceptors (Lipinski definition) is 3. The molecule has 0 aliphatic carbocycles. The number of benzene rings is 1. The third-order valence-corrected chi connectivity index (χ3v) is 3.51. The van der Waals surface area contributed by atoms with E-state index < -0.39 is 0 Å². The van der Waals surface area contributed by atoms with Crippen LogP contribution < -0.4 is 5.32 Å². The fourth-order valence-electron chi connectivity index (χ4n) is 2.33. The Morgan fingerprint density at radius 3 is 3.05 bits per heavy atom. The van der Waals surface area contributed by atoms with Gasteiger partial charge in [0.25, 0.3) is 0 Å². The third kappa shape index (κ3) is 2.51. The molecule has 4 heteroatoms. The van der Waals surface area contributed by atoms with Crippen LogP contribution >= 0.6 is 0 Å². The Morgan fingerprint density at radius 1 is 1.30 bits per heavy atom. The van der Waals surface area contributed by atoms with Crippen LogP contribution in [0.4, 0.5) is 0 Å². The van der Waals surface area contributed by atoms with Crippen molar-refractivity contribution < 1.29 is 5.11 Å². The Hall–Kier alpha value is -2.33. The second-order valence-electron chi connectivity index (χ2n) is 4.91. The van der Waals surface area contributed by atoms with Crippen molar-refractivity contribution in [3.05, 3.63) is 59.9 Å². The molecule has 3 rings (SSSR count). The summed E-state index contributed by atoms with van der Waals surface area (Å²) >= 11 is 0. The minimum atomic E-state index is 0.170. The molecule has 3 aromatic rings. The molecule has 0 fully saturated rings. The molecule has 0 aliphatic rings. The lowest BCUT2D eigenvalue weighted by molar-refractivity contribution is 0.472. The molecule has 0 radical (unpaired) electrons. The maximum atomic E-state index is 9.51. The number of pyridine rings is 1. The number of fused-ring (bicyclic) bond motifs is 1. The fourth-order valence-corrected chi connectivity index (χ4v) is 2.33. The highest BCUT2D eigenvalue weighted by atomic mass is 16.3. The van der Waals surface area contributed by atoms with Crippen molar-refractivity contribution in [1.82, 2.24) is 15.3 Å². The Kier molecular flexibility index (Phi) is 3.39. The molecule has 0 amide bonds. The third-order valence-electron chi connectivity index (χ3n) is 3.51. The molecule has 0 aliphatic heterocycles. The van der Waals surface area contributed by atoms with E-state index in [9.17, 15) is 5.11 Å². The smallest absolute Gasteiger partial charge is 0.137 e. The molecule has 102 valence electrons. The lowest BCUT2D eigenvalue weighted by Crippen LogP contribution is -2.17. The van der Waals surface area contributed by atoms with E-state index in [-0.39, 0.29) is 6.04 Å². The van der Waals surface area contributed by atoms with Gasteiger partial charge in [-0.15, -0.1) is 0 Å². The lowest BCUT2D eigenvalue weighted by Gasteiger charge is -2.14. The van der Waals surface area contributed by atoms with Gasteiger partial charge in [-0.2, -0.15) is 0 Å². The SMILES string of the molecule is CC(NCc1c[nH]c2ncccc12)c1cccc(O)c1. The highest BCUT2D eigenvalue weighted by Crippen LogP contribution is 2.20. The topological polar surface area (TPSA) is 60.9 Å². The molecule has 20 heavy (non-hydrogen) atoms. The summed E-state index contributed by atoms with van der Waals surface area (Å²) in [6.07, 6.45) is 3.77. The number of phenols is 1. The van der Waals surface area contributed by atoms with Gasteiger partial charge in [-0.25, -0.2) is 4.98 Å². The summed E-state index contributed by atoms with van der Waals surface area (Å²) in [6.45, 7) is 2.84. The maximum Gasteiger partial charge on any atom is 0.137 e. The average Bonchev–Trinajstić information content (AvgIpc) is 2.88. The second kappa shape index (κ2) is 5.35. The highest BCUT2D eigenvalue weighted by Gasteiger charge is 2.08. The first-order chi connectivity index (χ1) is 9.74. The van der Waals surface area contributed by atoms with Crippen LogP contribution in [0.15, 0.2) is 48.8 Å². The fraction of sp³-hybridized carbons (Fsp3) is 0.188. The number of aromatic hydroxyl groups is 1. The van der Waals surface area contributed by atoms with Crippen LogP contribution in [0.5, 0.6) is 5.75 Å². The van der Waals surface area contributed by atoms with E-state index in [1.807, 2.05) is 24.4 Å². The molecular weight excluding hydrogens is 250 g/mol. The summed E-state index contributed by atoms with van der Waals surface area (Å²) in [6, 6.07) is 11.5.